The smallest absolute Gasteiger partial charge is 0.331 e. The molecule has 3 aromatic rings. The van der Waals surface area contributed by atoms with Gasteiger partial charge in [-0.15, -0.1) is 0 Å². The first-order valence-corrected chi connectivity index (χ1v) is 11.6. The Balaban J connectivity index is 1.63. The summed E-state index contributed by atoms with van der Waals surface area (Å²) in [5, 5.41) is 12.2. The number of amides is 1. The van der Waals surface area contributed by atoms with Gasteiger partial charge in [0.2, 0.25) is 5.91 Å². The van der Waals surface area contributed by atoms with E-state index in [-0.39, 0.29) is 36.0 Å². The van der Waals surface area contributed by atoms with Crippen LogP contribution in [0, 0.1) is 17.2 Å². The van der Waals surface area contributed by atoms with E-state index < -0.39 is 0 Å². The summed E-state index contributed by atoms with van der Waals surface area (Å²) in [4.78, 5) is 37.9. The van der Waals surface area contributed by atoms with E-state index in [1.54, 1.807) is 47.9 Å². The van der Waals surface area contributed by atoms with Crippen LogP contribution in [0.15, 0.2) is 46.0 Å². The number of nitriles is 1. The second-order valence-electron chi connectivity index (χ2n) is 8.28. The van der Waals surface area contributed by atoms with Crippen molar-refractivity contribution in [2.75, 3.05) is 19.0 Å². The zero-order valence-electron chi connectivity index (χ0n) is 20.5. The number of benzene rings is 2. The Morgan fingerprint density at radius 1 is 1.09 bits per heavy atom. The Kier molecular flexibility index (Phi) is 8.31. The number of methoxy groups -OCH3 is 1. The molecule has 0 fully saturated rings. The molecule has 9 heteroatoms. The van der Waals surface area contributed by atoms with E-state index in [9.17, 15) is 14.4 Å². The summed E-state index contributed by atoms with van der Waals surface area (Å²) in [5.74, 6) is 0.902. The van der Waals surface area contributed by atoms with Crippen LogP contribution < -0.4 is 26.0 Å². The number of nitrogens with one attached hydrogen (secondary N) is 1. The van der Waals surface area contributed by atoms with Gasteiger partial charge in [0.05, 0.1) is 36.3 Å². The summed E-state index contributed by atoms with van der Waals surface area (Å²) in [6, 6.07) is 12.0. The molecule has 184 valence electrons. The topological polar surface area (TPSA) is 115 Å². The lowest BCUT2D eigenvalue weighted by atomic mass is 10.0. The molecule has 0 saturated carbocycles. The highest BCUT2D eigenvalue weighted by molar-refractivity contribution is 5.93. The van der Waals surface area contributed by atoms with Crippen LogP contribution in [0.25, 0.3) is 10.9 Å². The molecule has 0 saturated heterocycles. The molecule has 1 heterocycles. The summed E-state index contributed by atoms with van der Waals surface area (Å²) < 4.78 is 13.8. The highest BCUT2D eigenvalue weighted by Crippen LogP contribution is 2.28. The van der Waals surface area contributed by atoms with Crippen LogP contribution in [-0.2, 0) is 17.9 Å². The van der Waals surface area contributed by atoms with E-state index in [0.29, 0.717) is 53.2 Å². The molecule has 1 atom stereocenters. The van der Waals surface area contributed by atoms with Crippen LogP contribution in [0.4, 0.5) is 5.69 Å². The second kappa shape index (κ2) is 11.4. The molecule has 1 amide bonds. The van der Waals surface area contributed by atoms with Crippen molar-refractivity contribution in [1.29, 1.82) is 5.26 Å². The molecule has 0 spiro atoms. The average molecular weight is 479 g/mol. The number of nitrogens with zero attached hydrogens (tertiary/aromatic N) is 3. The molecule has 3 rings (SSSR count). The molecule has 1 unspecified atom stereocenters. The zero-order valence-corrected chi connectivity index (χ0v) is 20.5. The number of fused-ring (bicyclic) bond motifs is 1. The third kappa shape index (κ3) is 5.72. The maximum absolute atomic E-state index is 12.8. The van der Waals surface area contributed by atoms with E-state index >= 15 is 0 Å². The van der Waals surface area contributed by atoms with E-state index in [0.717, 1.165) is 0 Å². The number of carbonyl (C=O) groups excluding carboxylic acids is 1. The van der Waals surface area contributed by atoms with Gasteiger partial charge < -0.3 is 14.8 Å². The molecule has 1 aromatic heterocycles. The minimum Gasteiger partial charge on any atom is -0.493 e. The SMILES string of the molecule is CCn1c(=O)c2cc(NC(=O)CC(C)CCOc3ccc(C#N)cc3OC)ccc2n(CC)c1=O. The van der Waals surface area contributed by atoms with Crippen molar-refractivity contribution in [2.45, 2.75) is 46.7 Å². The lowest BCUT2D eigenvalue weighted by Gasteiger charge is -2.15. The summed E-state index contributed by atoms with van der Waals surface area (Å²) >= 11 is 0. The number of carbonyl (C=O) groups is 1. The van der Waals surface area contributed by atoms with Crippen molar-refractivity contribution >= 4 is 22.5 Å². The third-order valence-corrected chi connectivity index (χ3v) is 5.84. The van der Waals surface area contributed by atoms with Crippen molar-refractivity contribution in [1.82, 2.24) is 9.13 Å². The Hall–Kier alpha value is -4.06. The lowest BCUT2D eigenvalue weighted by molar-refractivity contribution is -0.117. The first-order valence-electron chi connectivity index (χ1n) is 11.6. The third-order valence-electron chi connectivity index (χ3n) is 5.84. The van der Waals surface area contributed by atoms with E-state index in [1.165, 1.54) is 11.7 Å². The Labute approximate surface area is 203 Å². The van der Waals surface area contributed by atoms with Crippen molar-refractivity contribution < 1.29 is 14.3 Å². The molecule has 2 aromatic carbocycles. The van der Waals surface area contributed by atoms with Gasteiger partial charge >= 0.3 is 5.69 Å². The van der Waals surface area contributed by atoms with Gasteiger partial charge in [-0.05, 0) is 56.5 Å². The number of aryl methyl sites for hydroxylation is 1. The monoisotopic (exact) mass is 478 g/mol. The zero-order chi connectivity index (χ0) is 25.5. The maximum atomic E-state index is 12.8. The van der Waals surface area contributed by atoms with E-state index in [2.05, 4.69) is 11.4 Å². The highest BCUT2D eigenvalue weighted by Gasteiger charge is 2.14. The number of hydrogen-bond acceptors (Lipinski definition) is 6. The first-order chi connectivity index (χ1) is 16.8. The van der Waals surface area contributed by atoms with Gasteiger partial charge in [0, 0.05) is 31.3 Å². The molecule has 35 heavy (non-hydrogen) atoms. The van der Waals surface area contributed by atoms with E-state index in [1.807, 2.05) is 13.8 Å². The molecule has 0 radical (unpaired) electrons. The molecule has 0 aliphatic carbocycles. The molecule has 1 N–H and O–H groups in total. The van der Waals surface area contributed by atoms with Gasteiger partial charge in [-0.2, -0.15) is 5.26 Å². The van der Waals surface area contributed by atoms with Crippen molar-refractivity contribution in [3.05, 3.63) is 62.8 Å². The fourth-order valence-corrected chi connectivity index (χ4v) is 3.94. The highest BCUT2D eigenvalue weighted by atomic mass is 16.5. The number of anilines is 1. The van der Waals surface area contributed by atoms with Crippen LogP contribution in [0.2, 0.25) is 0 Å². The minimum atomic E-state index is -0.364. The summed E-state index contributed by atoms with van der Waals surface area (Å²) in [7, 11) is 1.52. The number of hydrogen-bond donors (Lipinski definition) is 1. The lowest BCUT2D eigenvalue weighted by Crippen LogP contribution is -2.39. The molecule has 0 aliphatic heterocycles. The minimum absolute atomic E-state index is 0.0439. The predicted octanol–water partition coefficient (Wildman–Crippen LogP) is 3.52. The largest absolute Gasteiger partial charge is 0.493 e. The van der Waals surface area contributed by atoms with Crippen molar-refractivity contribution in [3.8, 4) is 17.6 Å². The van der Waals surface area contributed by atoms with E-state index in [4.69, 9.17) is 14.7 Å². The molecular formula is C26H30N4O5. The maximum Gasteiger partial charge on any atom is 0.331 e. The van der Waals surface area contributed by atoms with Gasteiger partial charge in [0.15, 0.2) is 11.5 Å². The fraction of sp³-hybridized carbons (Fsp3) is 0.385. The van der Waals surface area contributed by atoms with Crippen LogP contribution in [0.3, 0.4) is 0 Å². The second-order valence-corrected chi connectivity index (χ2v) is 8.28. The molecular weight excluding hydrogens is 448 g/mol. The molecule has 9 nitrogen and oxygen atoms in total. The standard InChI is InChI=1S/C26H30N4O5/c1-5-29-21-9-8-19(15-20(21)25(32)30(6-2)26(29)33)28-24(31)13-17(3)11-12-35-22-10-7-18(16-27)14-23(22)34-4/h7-10,14-15,17H,5-6,11-13H2,1-4H3,(H,28,31). The average Bonchev–Trinajstić information content (AvgIpc) is 2.85. The molecule has 0 aliphatic rings. The number of aromatic nitrogens is 2. The summed E-state index contributed by atoms with van der Waals surface area (Å²) in [5.41, 5.74) is 0.846. The first kappa shape index (κ1) is 25.6. The normalized spacial score (nSPS) is 11.6. The predicted molar refractivity (Wildman–Crippen MR) is 134 cm³/mol. The van der Waals surface area contributed by atoms with Crippen LogP contribution in [-0.4, -0.2) is 28.8 Å². The number of rotatable bonds is 10. The Morgan fingerprint density at radius 2 is 1.83 bits per heavy atom. The quantitative estimate of drug-likeness (QED) is 0.477. The fourth-order valence-electron chi connectivity index (χ4n) is 3.94. The van der Waals surface area contributed by atoms with Gasteiger partial charge in [0.1, 0.15) is 0 Å². The molecule has 0 bridgehead atoms. The number of ether oxygens (including phenoxy) is 2. The van der Waals surface area contributed by atoms with Crippen LogP contribution >= 0.6 is 0 Å². The van der Waals surface area contributed by atoms with Gasteiger partial charge in [-0.1, -0.05) is 6.92 Å². The van der Waals surface area contributed by atoms with Crippen molar-refractivity contribution in [3.63, 3.8) is 0 Å². The van der Waals surface area contributed by atoms with Gasteiger partial charge in [0.25, 0.3) is 5.56 Å². The van der Waals surface area contributed by atoms with Gasteiger partial charge in [-0.25, -0.2) is 4.79 Å². The van der Waals surface area contributed by atoms with Crippen molar-refractivity contribution in [2.24, 2.45) is 5.92 Å². The Morgan fingerprint density at radius 3 is 2.49 bits per heavy atom. The van der Waals surface area contributed by atoms with Crippen LogP contribution in [0.5, 0.6) is 11.5 Å². The summed E-state index contributed by atoms with van der Waals surface area (Å²) in [6.07, 6.45) is 0.915. The summed E-state index contributed by atoms with van der Waals surface area (Å²) in [6.45, 7) is 6.66. The van der Waals surface area contributed by atoms with Gasteiger partial charge in [-0.3, -0.25) is 18.7 Å². The Bertz CT molecular complexity index is 1380. The van der Waals surface area contributed by atoms with Crippen LogP contribution in [0.1, 0.15) is 39.2 Å².